The largest absolute Gasteiger partial charge is 0.332 e. The summed E-state index contributed by atoms with van der Waals surface area (Å²) in [6, 6.07) is 25.6. The molecule has 136 valence electrons. The molecule has 0 spiro atoms. The van der Waals surface area contributed by atoms with Gasteiger partial charge in [-0.3, -0.25) is 10.2 Å². The van der Waals surface area contributed by atoms with Crippen LogP contribution in [0.2, 0.25) is 0 Å². The Morgan fingerprint density at radius 1 is 0.821 bits per heavy atom. The molecule has 0 unspecified atom stereocenters. The zero-order valence-electron chi connectivity index (χ0n) is 14.7. The summed E-state index contributed by atoms with van der Waals surface area (Å²) in [5.41, 5.74) is 3.65. The lowest BCUT2D eigenvalue weighted by molar-refractivity contribution is 0.259. The van der Waals surface area contributed by atoms with Crippen LogP contribution in [0.25, 0.3) is 11.3 Å². The predicted octanol–water partition coefficient (Wildman–Crippen LogP) is 6.64. The van der Waals surface area contributed by atoms with Gasteiger partial charge in [0, 0.05) is 20.7 Å². The fourth-order valence-electron chi connectivity index (χ4n) is 3.14. The highest BCUT2D eigenvalue weighted by molar-refractivity contribution is 7.99. The van der Waals surface area contributed by atoms with Crippen LogP contribution < -0.4 is 10.2 Å². The van der Waals surface area contributed by atoms with Crippen molar-refractivity contribution in [2.75, 3.05) is 10.2 Å². The van der Waals surface area contributed by atoms with Crippen LogP contribution in [0.5, 0.6) is 0 Å². The fourth-order valence-corrected chi connectivity index (χ4v) is 4.91. The highest BCUT2D eigenvalue weighted by Crippen LogP contribution is 2.48. The van der Waals surface area contributed by atoms with E-state index < -0.39 is 0 Å². The normalized spacial score (nSPS) is 12.2. The van der Waals surface area contributed by atoms with Crippen molar-refractivity contribution in [3.63, 3.8) is 0 Å². The highest BCUT2D eigenvalue weighted by atomic mass is 32.2. The monoisotopic (exact) mass is 401 g/mol. The molecule has 28 heavy (non-hydrogen) atoms. The third-order valence-electron chi connectivity index (χ3n) is 4.42. The van der Waals surface area contributed by atoms with E-state index >= 15 is 0 Å². The van der Waals surface area contributed by atoms with E-state index in [0.717, 1.165) is 32.4 Å². The van der Waals surface area contributed by atoms with Crippen molar-refractivity contribution >= 4 is 45.6 Å². The van der Waals surface area contributed by atoms with Gasteiger partial charge < -0.3 is 0 Å². The van der Waals surface area contributed by atoms with Crippen molar-refractivity contribution in [3.8, 4) is 11.3 Å². The van der Waals surface area contributed by atoms with Crippen molar-refractivity contribution < 1.29 is 4.79 Å². The molecule has 0 bridgehead atoms. The first-order valence-electron chi connectivity index (χ1n) is 8.77. The van der Waals surface area contributed by atoms with Gasteiger partial charge in [0.15, 0.2) is 5.13 Å². The Hall–Kier alpha value is -3.09. The number of rotatable bonds is 2. The van der Waals surface area contributed by atoms with E-state index in [1.807, 2.05) is 84.2 Å². The molecule has 4 aromatic rings. The molecular formula is C22H15N3OS2. The number of para-hydroxylation sites is 2. The van der Waals surface area contributed by atoms with Gasteiger partial charge in [0.2, 0.25) is 0 Å². The van der Waals surface area contributed by atoms with E-state index in [4.69, 9.17) is 0 Å². The standard InChI is InChI=1S/C22H15N3OS2/c26-22(24-21-23-16(14-27-21)15-8-2-1-3-9-15)25-17-10-4-6-12-19(17)28-20-13-7-5-11-18(20)25/h1-14H,(H,23,24,26). The van der Waals surface area contributed by atoms with E-state index in [-0.39, 0.29) is 6.03 Å². The minimum atomic E-state index is -0.214. The van der Waals surface area contributed by atoms with Crippen molar-refractivity contribution in [1.82, 2.24) is 4.98 Å². The number of urea groups is 1. The van der Waals surface area contributed by atoms with Crippen LogP contribution in [0.3, 0.4) is 0 Å². The van der Waals surface area contributed by atoms with Gasteiger partial charge in [-0.25, -0.2) is 9.78 Å². The molecule has 0 atom stereocenters. The molecule has 1 aromatic heterocycles. The predicted molar refractivity (Wildman–Crippen MR) is 116 cm³/mol. The van der Waals surface area contributed by atoms with Gasteiger partial charge in [-0.2, -0.15) is 0 Å². The Morgan fingerprint density at radius 3 is 2.11 bits per heavy atom. The maximum Gasteiger partial charge on any atom is 0.332 e. The minimum absolute atomic E-state index is 0.214. The van der Waals surface area contributed by atoms with Gasteiger partial charge in [0.25, 0.3) is 0 Å². The van der Waals surface area contributed by atoms with Crippen LogP contribution in [-0.2, 0) is 0 Å². The second-order valence-electron chi connectivity index (χ2n) is 6.21. The molecule has 1 aliphatic heterocycles. The summed E-state index contributed by atoms with van der Waals surface area (Å²) in [6.07, 6.45) is 0. The molecule has 1 N–H and O–H groups in total. The number of carbonyl (C=O) groups excluding carboxylic acids is 1. The molecule has 4 nitrogen and oxygen atoms in total. The van der Waals surface area contributed by atoms with Crippen LogP contribution in [0.15, 0.2) is 94.0 Å². The number of hydrogen-bond acceptors (Lipinski definition) is 4. The van der Waals surface area contributed by atoms with E-state index in [9.17, 15) is 4.79 Å². The van der Waals surface area contributed by atoms with Gasteiger partial charge >= 0.3 is 6.03 Å². The first kappa shape index (κ1) is 17.0. The lowest BCUT2D eigenvalue weighted by Crippen LogP contribution is -2.32. The van der Waals surface area contributed by atoms with Crippen molar-refractivity contribution in [2.45, 2.75) is 9.79 Å². The topological polar surface area (TPSA) is 45.2 Å². The quantitative estimate of drug-likeness (QED) is 0.409. The number of aromatic nitrogens is 1. The van der Waals surface area contributed by atoms with Crippen molar-refractivity contribution in [3.05, 3.63) is 84.2 Å². The molecule has 0 fully saturated rings. The number of nitrogens with zero attached hydrogens (tertiary/aromatic N) is 2. The Kier molecular flexibility index (Phi) is 4.35. The summed E-state index contributed by atoms with van der Waals surface area (Å²) < 4.78 is 0. The maximum atomic E-state index is 13.2. The summed E-state index contributed by atoms with van der Waals surface area (Å²) in [5, 5.41) is 5.51. The molecule has 3 aromatic carbocycles. The summed E-state index contributed by atoms with van der Waals surface area (Å²) in [4.78, 5) is 21.6. The average Bonchev–Trinajstić information content (AvgIpc) is 3.21. The Balaban J connectivity index is 1.47. The molecule has 1 aliphatic rings. The first-order chi connectivity index (χ1) is 13.8. The van der Waals surface area contributed by atoms with Crippen LogP contribution in [-0.4, -0.2) is 11.0 Å². The summed E-state index contributed by atoms with van der Waals surface area (Å²) in [6.45, 7) is 0. The van der Waals surface area contributed by atoms with Gasteiger partial charge in [-0.15, -0.1) is 11.3 Å². The number of thiazole rings is 1. The summed E-state index contributed by atoms with van der Waals surface area (Å²) in [5.74, 6) is 0. The van der Waals surface area contributed by atoms with E-state index in [0.29, 0.717) is 5.13 Å². The summed E-state index contributed by atoms with van der Waals surface area (Å²) in [7, 11) is 0. The van der Waals surface area contributed by atoms with Crippen molar-refractivity contribution in [2.24, 2.45) is 0 Å². The SMILES string of the molecule is O=C(Nc1nc(-c2ccccc2)cs1)N1c2ccccc2Sc2ccccc21. The van der Waals surface area contributed by atoms with Gasteiger partial charge in [-0.05, 0) is 24.3 Å². The zero-order valence-corrected chi connectivity index (χ0v) is 16.3. The second kappa shape index (κ2) is 7.14. The molecular weight excluding hydrogens is 386 g/mol. The molecule has 0 aliphatic carbocycles. The van der Waals surface area contributed by atoms with Crippen LogP contribution in [0.4, 0.5) is 21.3 Å². The van der Waals surface area contributed by atoms with E-state index in [1.165, 1.54) is 11.3 Å². The lowest BCUT2D eigenvalue weighted by atomic mass is 10.2. The molecule has 2 amide bonds. The van der Waals surface area contributed by atoms with Gasteiger partial charge in [-0.1, -0.05) is 66.4 Å². The molecule has 2 heterocycles. The third kappa shape index (κ3) is 3.06. The maximum absolute atomic E-state index is 13.2. The molecule has 5 rings (SSSR count). The second-order valence-corrected chi connectivity index (χ2v) is 8.15. The zero-order chi connectivity index (χ0) is 18.9. The number of fused-ring (bicyclic) bond motifs is 2. The lowest BCUT2D eigenvalue weighted by Gasteiger charge is -2.30. The molecule has 0 saturated heterocycles. The Morgan fingerprint density at radius 2 is 1.43 bits per heavy atom. The number of benzene rings is 3. The number of anilines is 3. The molecule has 0 radical (unpaired) electrons. The van der Waals surface area contributed by atoms with Crippen LogP contribution in [0, 0.1) is 0 Å². The van der Waals surface area contributed by atoms with Crippen LogP contribution >= 0.6 is 23.1 Å². The van der Waals surface area contributed by atoms with E-state index in [2.05, 4.69) is 10.3 Å². The molecule has 6 heteroatoms. The number of carbonyl (C=O) groups is 1. The fraction of sp³-hybridized carbons (Fsp3) is 0. The highest BCUT2D eigenvalue weighted by Gasteiger charge is 2.28. The Labute approximate surface area is 170 Å². The number of nitrogens with one attached hydrogen (secondary N) is 1. The minimum Gasteiger partial charge on any atom is -0.283 e. The average molecular weight is 402 g/mol. The third-order valence-corrected chi connectivity index (χ3v) is 6.31. The number of hydrogen-bond donors (Lipinski definition) is 1. The van der Waals surface area contributed by atoms with Crippen molar-refractivity contribution in [1.29, 1.82) is 0 Å². The summed E-state index contributed by atoms with van der Waals surface area (Å²) >= 11 is 3.10. The van der Waals surface area contributed by atoms with Crippen LogP contribution in [0.1, 0.15) is 0 Å². The molecule has 0 saturated carbocycles. The Bertz CT molecular complexity index is 1110. The number of amides is 2. The van der Waals surface area contributed by atoms with E-state index in [1.54, 1.807) is 16.7 Å². The van der Waals surface area contributed by atoms with Gasteiger partial charge in [0.05, 0.1) is 17.1 Å². The smallest absolute Gasteiger partial charge is 0.283 e. The first-order valence-corrected chi connectivity index (χ1v) is 10.5. The van der Waals surface area contributed by atoms with Gasteiger partial charge in [0.1, 0.15) is 0 Å².